The van der Waals surface area contributed by atoms with Crippen molar-refractivity contribution in [3.8, 4) is 0 Å². The second-order valence-corrected chi connectivity index (χ2v) is 7.72. The van der Waals surface area contributed by atoms with E-state index in [1.54, 1.807) is 19.9 Å². The SMILES string of the molecule is Cc1ccc2cc(CCNS(=O)(=O)c3c(C)noc3C)c(=O)[nH]c2c1. The van der Waals surface area contributed by atoms with Crippen molar-refractivity contribution in [3.05, 3.63) is 57.2 Å². The molecule has 2 heterocycles. The number of fused-ring (bicyclic) bond motifs is 1. The average molecular weight is 361 g/mol. The van der Waals surface area contributed by atoms with Crippen molar-refractivity contribution < 1.29 is 12.9 Å². The zero-order chi connectivity index (χ0) is 18.2. The topological polar surface area (TPSA) is 105 Å². The van der Waals surface area contributed by atoms with Crippen LogP contribution in [0.1, 0.15) is 22.6 Å². The van der Waals surface area contributed by atoms with Gasteiger partial charge in [-0.3, -0.25) is 4.79 Å². The normalized spacial score (nSPS) is 12.0. The Hall–Kier alpha value is -2.45. The third-order valence-electron chi connectivity index (χ3n) is 4.00. The molecular weight excluding hydrogens is 342 g/mol. The maximum atomic E-state index is 12.4. The molecule has 0 unspecified atom stereocenters. The standard InChI is InChI=1S/C17H19N3O4S/c1-10-4-5-13-9-14(17(21)19-15(13)8-10)6-7-18-25(22,23)16-11(2)20-24-12(16)3/h4-5,8-9,18H,6-7H2,1-3H3,(H,19,21). The second-order valence-electron chi connectivity index (χ2n) is 6.02. The van der Waals surface area contributed by atoms with Gasteiger partial charge in [0.2, 0.25) is 10.0 Å². The Balaban J connectivity index is 1.78. The van der Waals surface area contributed by atoms with Crippen molar-refractivity contribution in [1.82, 2.24) is 14.9 Å². The minimum Gasteiger partial charge on any atom is -0.360 e. The maximum absolute atomic E-state index is 12.4. The molecule has 7 nitrogen and oxygen atoms in total. The Morgan fingerprint density at radius 1 is 1.20 bits per heavy atom. The number of sulfonamides is 1. The summed E-state index contributed by atoms with van der Waals surface area (Å²) in [6, 6.07) is 7.58. The Bertz CT molecular complexity index is 1080. The molecule has 0 spiro atoms. The summed E-state index contributed by atoms with van der Waals surface area (Å²) in [4.78, 5) is 15.1. The quantitative estimate of drug-likeness (QED) is 0.723. The van der Waals surface area contributed by atoms with Gasteiger partial charge in [0, 0.05) is 17.6 Å². The summed E-state index contributed by atoms with van der Waals surface area (Å²) < 4.78 is 32.1. The summed E-state index contributed by atoms with van der Waals surface area (Å²) in [5.74, 6) is 0.240. The maximum Gasteiger partial charge on any atom is 0.251 e. The van der Waals surface area contributed by atoms with E-state index in [-0.39, 0.29) is 29.2 Å². The average Bonchev–Trinajstić information content (AvgIpc) is 2.87. The van der Waals surface area contributed by atoms with Crippen molar-refractivity contribution in [2.45, 2.75) is 32.1 Å². The van der Waals surface area contributed by atoms with Crippen molar-refractivity contribution in [2.75, 3.05) is 6.54 Å². The molecular formula is C17H19N3O4S. The third kappa shape index (κ3) is 3.49. The fraction of sp³-hybridized carbons (Fsp3) is 0.294. The molecule has 0 radical (unpaired) electrons. The number of nitrogens with zero attached hydrogens (tertiary/aromatic N) is 1. The van der Waals surface area contributed by atoms with Gasteiger partial charge in [0.15, 0.2) is 5.76 Å². The lowest BCUT2D eigenvalue weighted by molar-refractivity contribution is 0.390. The first-order chi connectivity index (χ1) is 11.8. The highest BCUT2D eigenvalue weighted by Gasteiger charge is 2.23. The minimum atomic E-state index is -3.73. The lowest BCUT2D eigenvalue weighted by Crippen LogP contribution is -2.28. The third-order valence-corrected chi connectivity index (χ3v) is 5.71. The zero-order valence-corrected chi connectivity index (χ0v) is 15.0. The van der Waals surface area contributed by atoms with Gasteiger partial charge < -0.3 is 9.51 Å². The first-order valence-corrected chi connectivity index (χ1v) is 9.31. The number of hydrogen-bond donors (Lipinski definition) is 2. The van der Waals surface area contributed by atoms with E-state index in [1.165, 1.54) is 0 Å². The summed E-state index contributed by atoms with van der Waals surface area (Å²) >= 11 is 0. The van der Waals surface area contributed by atoms with Crippen LogP contribution in [0.15, 0.2) is 38.5 Å². The van der Waals surface area contributed by atoms with Crippen LogP contribution in [0.3, 0.4) is 0 Å². The molecule has 3 rings (SSSR count). The van der Waals surface area contributed by atoms with E-state index in [0.29, 0.717) is 11.3 Å². The van der Waals surface area contributed by atoms with Gasteiger partial charge in [0.25, 0.3) is 5.56 Å². The number of aryl methyl sites for hydroxylation is 3. The van der Waals surface area contributed by atoms with Crippen LogP contribution >= 0.6 is 0 Å². The molecule has 25 heavy (non-hydrogen) atoms. The van der Waals surface area contributed by atoms with Gasteiger partial charge in [-0.15, -0.1) is 0 Å². The zero-order valence-electron chi connectivity index (χ0n) is 14.2. The first kappa shape index (κ1) is 17.4. The molecule has 0 aliphatic heterocycles. The van der Waals surface area contributed by atoms with Crippen LogP contribution in [0, 0.1) is 20.8 Å². The number of hydrogen-bond acceptors (Lipinski definition) is 5. The second kappa shape index (κ2) is 6.45. The van der Waals surface area contributed by atoms with Crippen molar-refractivity contribution in [2.24, 2.45) is 0 Å². The molecule has 0 aliphatic rings. The smallest absolute Gasteiger partial charge is 0.251 e. The molecule has 2 N–H and O–H groups in total. The predicted molar refractivity (Wildman–Crippen MR) is 94.2 cm³/mol. The lowest BCUT2D eigenvalue weighted by Gasteiger charge is -2.07. The molecule has 0 atom stereocenters. The Labute approximate surface area is 145 Å². The van der Waals surface area contributed by atoms with E-state index in [4.69, 9.17) is 4.52 Å². The number of pyridine rings is 1. The summed E-state index contributed by atoms with van der Waals surface area (Å²) in [7, 11) is -3.73. The van der Waals surface area contributed by atoms with E-state index < -0.39 is 10.0 Å². The molecule has 0 bridgehead atoms. The molecule has 1 aromatic carbocycles. The van der Waals surface area contributed by atoms with Crippen LogP contribution in [-0.4, -0.2) is 25.1 Å². The number of H-pyrrole nitrogens is 1. The van der Waals surface area contributed by atoms with Crippen LogP contribution in [0.5, 0.6) is 0 Å². The number of nitrogens with one attached hydrogen (secondary N) is 2. The highest BCUT2D eigenvalue weighted by molar-refractivity contribution is 7.89. The summed E-state index contributed by atoms with van der Waals surface area (Å²) in [6.45, 7) is 5.17. The Morgan fingerprint density at radius 3 is 2.64 bits per heavy atom. The molecule has 0 saturated carbocycles. The van der Waals surface area contributed by atoms with Gasteiger partial charge >= 0.3 is 0 Å². The van der Waals surface area contributed by atoms with Gasteiger partial charge in [-0.1, -0.05) is 17.3 Å². The van der Waals surface area contributed by atoms with Crippen LogP contribution in [0.4, 0.5) is 0 Å². The Kier molecular flexibility index (Phi) is 4.49. The van der Waals surface area contributed by atoms with Gasteiger partial charge in [0.05, 0.1) is 0 Å². The van der Waals surface area contributed by atoms with Gasteiger partial charge in [-0.2, -0.15) is 0 Å². The van der Waals surface area contributed by atoms with E-state index in [1.807, 2.05) is 25.1 Å². The fourth-order valence-corrected chi connectivity index (χ4v) is 4.15. The highest BCUT2D eigenvalue weighted by atomic mass is 32.2. The molecule has 0 aliphatic carbocycles. The van der Waals surface area contributed by atoms with E-state index in [0.717, 1.165) is 16.5 Å². The highest BCUT2D eigenvalue weighted by Crippen LogP contribution is 2.18. The van der Waals surface area contributed by atoms with Crippen LogP contribution < -0.4 is 10.3 Å². The van der Waals surface area contributed by atoms with Crippen molar-refractivity contribution >= 4 is 20.9 Å². The molecule has 0 fully saturated rings. The van der Waals surface area contributed by atoms with Gasteiger partial charge in [-0.25, -0.2) is 13.1 Å². The minimum absolute atomic E-state index is 0.0513. The van der Waals surface area contributed by atoms with E-state index in [9.17, 15) is 13.2 Å². The summed E-state index contributed by atoms with van der Waals surface area (Å²) in [5, 5.41) is 4.57. The number of aromatic nitrogens is 2. The van der Waals surface area contributed by atoms with E-state index >= 15 is 0 Å². The lowest BCUT2D eigenvalue weighted by atomic mass is 10.1. The molecule has 3 aromatic rings. The van der Waals surface area contributed by atoms with Gasteiger partial charge in [-0.05, 0) is 50.3 Å². The van der Waals surface area contributed by atoms with E-state index in [2.05, 4.69) is 14.9 Å². The number of benzene rings is 1. The molecule has 132 valence electrons. The van der Waals surface area contributed by atoms with Crippen molar-refractivity contribution in [1.29, 1.82) is 0 Å². The molecule has 2 aromatic heterocycles. The molecule has 0 amide bonds. The van der Waals surface area contributed by atoms with Crippen molar-refractivity contribution in [3.63, 3.8) is 0 Å². The fourth-order valence-electron chi connectivity index (χ4n) is 2.80. The largest absolute Gasteiger partial charge is 0.360 e. The summed E-state index contributed by atoms with van der Waals surface area (Å²) in [6.07, 6.45) is 0.280. The molecule has 0 saturated heterocycles. The summed E-state index contributed by atoms with van der Waals surface area (Å²) in [5.41, 5.74) is 2.45. The van der Waals surface area contributed by atoms with Gasteiger partial charge in [0.1, 0.15) is 10.6 Å². The number of aromatic amines is 1. The Morgan fingerprint density at radius 2 is 1.96 bits per heavy atom. The van der Waals surface area contributed by atoms with Crippen LogP contribution in [0.2, 0.25) is 0 Å². The number of rotatable bonds is 5. The van der Waals surface area contributed by atoms with Crippen LogP contribution in [0.25, 0.3) is 10.9 Å². The first-order valence-electron chi connectivity index (χ1n) is 7.83. The molecule has 8 heteroatoms. The predicted octanol–water partition coefficient (Wildman–Crippen LogP) is 1.96. The monoisotopic (exact) mass is 361 g/mol. The van der Waals surface area contributed by atoms with Crippen LogP contribution in [-0.2, 0) is 16.4 Å².